The third-order valence-electron chi connectivity index (χ3n) is 3.67. The highest BCUT2D eigenvalue weighted by atomic mass is 35.5. The highest BCUT2D eigenvalue weighted by Crippen LogP contribution is 2.58. The first-order valence-corrected chi connectivity index (χ1v) is 10.0. The van der Waals surface area contributed by atoms with Crippen molar-refractivity contribution < 1.29 is 4.52 Å². The second kappa shape index (κ2) is 7.85. The molecular formula is C20H16Cl2OP+. The van der Waals surface area contributed by atoms with E-state index in [4.69, 9.17) is 27.7 Å². The minimum atomic E-state index is -2.41. The highest BCUT2D eigenvalue weighted by molar-refractivity contribution is 7.91. The second-order valence-corrected chi connectivity index (χ2v) is 8.66. The average Bonchev–Trinajstić information content (AvgIpc) is 2.68. The molecule has 3 rings (SSSR count). The van der Waals surface area contributed by atoms with Crippen molar-refractivity contribution in [3.8, 4) is 0 Å². The topological polar surface area (TPSA) is 9.23 Å². The summed E-state index contributed by atoms with van der Waals surface area (Å²) in [6.45, 7) is 0. The molecule has 1 nitrogen and oxygen atoms in total. The molecule has 120 valence electrons. The Morgan fingerprint density at radius 3 is 1.29 bits per heavy atom. The van der Waals surface area contributed by atoms with E-state index in [0.717, 1.165) is 15.9 Å². The van der Waals surface area contributed by atoms with Crippen LogP contribution >= 0.6 is 30.7 Å². The van der Waals surface area contributed by atoms with E-state index in [0.29, 0.717) is 0 Å². The minimum Gasteiger partial charge on any atom is -0.321 e. The van der Waals surface area contributed by atoms with E-state index < -0.39 is 7.49 Å². The van der Waals surface area contributed by atoms with E-state index in [2.05, 4.69) is 36.4 Å². The molecule has 3 aromatic rings. The van der Waals surface area contributed by atoms with Gasteiger partial charge in [-0.3, -0.25) is 0 Å². The Bertz CT molecular complexity index is 708. The molecule has 24 heavy (non-hydrogen) atoms. The monoisotopic (exact) mass is 373 g/mol. The molecule has 0 aliphatic carbocycles. The van der Waals surface area contributed by atoms with Crippen LogP contribution in [0.5, 0.6) is 0 Å². The van der Waals surface area contributed by atoms with Crippen LogP contribution in [0.1, 0.15) is 0 Å². The van der Waals surface area contributed by atoms with Gasteiger partial charge in [-0.1, -0.05) is 66.2 Å². The summed E-state index contributed by atoms with van der Waals surface area (Å²) >= 11 is 12.1. The summed E-state index contributed by atoms with van der Waals surface area (Å²) in [7, 11) is -2.41. The first-order chi connectivity index (χ1) is 11.8. The van der Waals surface area contributed by atoms with Gasteiger partial charge in [0.05, 0.1) is 5.54 Å². The normalized spacial score (nSPS) is 12.0. The van der Waals surface area contributed by atoms with Crippen LogP contribution in [0.15, 0.2) is 102 Å². The third-order valence-corrected chi connectivity index (χ3v) is 7.82. The lowest BCUT2D eigenvalue weighted by molar-refractivity contribution is 0.520. The van der Waals surface area contributed by atoms with Crippen LogP contribution in [0.4, 0.5) is 0 Å². The van der Waals surface area contributed by atoms with Gasteiger partial charge in [0.25, 0.3) is 12.7 Å². The van der Waals surface area contributed by atoms with Crippen molar-refractivity contribution in [3.05, 3.63) is 102 Å². The van der Waals surface area contributed by atoms with Gasteiger partial charge in [-0.25, -0.2) is 0 Å². The predicted molar refractivity (Wildman–Crippen MR) is 106 cm³/mol. The third kappa shape index (κ3) is 3.35. The van der Waals surface area contributed by atoms with Crippen LogP contribution in [0.25, 0.3) is 0 Å². The van der Waals surface area contributed by atoms with E-state index in [1.54, 1.807) is 0 Å². The Hall–Kier alpha value is -1.79. The molecule has 0 radical (unpaired) electrons. The summed E-state index contributed by atoms with van der Waals surface area (Å²) < 4.78 is 6.35. The molecule has 0 heterocycles. The van der Waals surface area contributed by atoms with Gasteiger partial charge in [0.15, 0.2) is 0 Å². The van der Waals surface area contributed by atoms with Crippen LogP contribution in [0.3, 0.4) is 0 Å². The van der Waals surface area contributed by atoms with Crippen LogP contribution in [-0.4, -0.2) is 0 Å². The minimum absolute atomic E-state index is 0.182. The average molecular weight is 374 g/mol. The smallest absolute Gasteiger partial charge is 0.288 e. The van der Waals surface area contributed by atoms with Gasteiger partial charge in [0.1, 0.15) is 15.9 Å². The van der Waals surface area contributed by atoms with E-state index in [1.165, 1.54) is 5.54 Å². The summed E-state index contributed by atoms with van der Waals surface area (Å²) in [5.74, 6) is 0. The summed E-state index contributed by atoms with van der Waals surface area (Å²) in [5.41, 5.74) is 1.27. The lowest BCUT2D eigenvalue weighted by Crippen LogP contribution is -2.32. The van der Waals surface area contributed by atoms with E-state index in [9.17, 15) is 0 Å². The van der Waals surface area contributed by atoms with Crippen molar-refractivity contribution in [2.24, 2.45) is 0 Å². The Labute approximate surface area is 152 Å². The maximum absolute atomic E-state index is 6.35. The van der Waals surface area contributed by atoms with Gasteiger partial charge >= 0.3 is 0 Å². The van der Waals surface area contributed by atoms with E-state index in [-0.39, 0.29) is 5.22 Å². The van der Waals surface area contributed by atoms with Gasteiger partial charge in [0, 0.05) is 0 Å². The SMILES string of the molecule is ClC=C(Cl)O[P+](c1ccccc1)(c1ccccc1)c1ccccc1. The van der Waals surface area contributed by atoms with Crippen LogP contribution < -0.4 is 15.9 Å². The zero-order valence-corrected chi connectivity index (χ0v) is 15.3. The number of hydrogen-bond acceptors (Lipinski definition) is 1. The summed E-state index contributed by atoms with van der Waals surface area (Å²) in [4.78, 5) is 0. The van der Waals surface area contributed by atoms with Gasteiger partial charge < -0.3 is 4.52 Å². The fourth-order valence-electron chi connectivity index (χ4n) is 2.67. The molecule has 0 saturated carbocycles. The first-order valence-electron chi connectivity index (χ1n) is 7.49. The van der Waals surface area contributed by atoms with E-state index in [1.807, 2.05) is 54.6 Å². The fraction of sp³-hybridized carbons (Fsp3) is 0. The number of halogens is 2. The molecule has 0 fully saturated rings. The fourth-order valence-corrected chi connectivity index (χ4v) is 6.39. The first kappa shape index (κ1) is 17.0. The molecule has 0 aliphatic heterocycles. The molecule has 0 bridgehead atoms. The molecule has 0 N–H and O–H groups in total. The zero-order chi connectivity index (χ0) is 16.8. The molecule has 0 spiro atoms. The van der Waals surface area contributed by atoms with Gasteiger partial charge in [-0.05, 0) is 48.0 Å². The van der Waals surface area contributed by atoms with Crippen molar-refractivity contribution in [3.63, 3.8) is 0 Å². The predicted octanol–water partition coefficient (Wildman–Crippen LogP) is 5.19. The highest BCUT2D eigenvalue weighted by Gasteiger charge is 2.49. The molecule has 3 aromatic carbocycles. The lowest BCUT2D eigenvalue weighted by atomic mass is 10.4. The molecule has 4 heteroatoms. The van der Waals surface area contributed by atoms with E-state index >= 15 is 0 Å². The maximum Gasteiger partial charge on any atom is 0.288 e. The molecule has 0 aromatic heterocycles. The van der Waals surface area contributed by atoms with Crippen LogP contribution in [-0.2, 0) is 4.52 Å². The van der Waals surface area contributed by atoms with Crippen molar-refractivity contribution in [1.82, 2.24) is 0 Å². The lowest BCUT2D eigenvalue weighted by Gasteiger charge is -2.25. The Morgan fingerprint density at radius 1 is 0.667 bits per heavy atom. The maximum atomic E-state index is 6.35. The van der Waals surface area contributed by atoms with Gasteiger partial charge in [-0.2, -0.15) is 0 Å². The number of benzene rings is 3. The van der Waals surface area contributed by atoms with Crippen LogP contribution in [0.2, 0.25) is 0 Å². The Kier molecular flexibility index (Phi) is 5.58. The summed E-state index contributed by atoms with van der Waals surface area (Å²) in [5, 5.41) is 3.43. The van der Waals surface area contributed by atoms with Crippen molar-refractivity contribution in [2.45, 2.75) is 0 Å². The Balaban J connectivity index is 2.32. The molecule has 0 amide bonds. The van der Waals surface area contributed by atoms with Crippen LogP contribution in [0, 0.1) is 0 Å². The second-order valence-electron chi connectivity index (χ2n) is 5.12. The molecule has 0 saturated heterocycles. The quantitative estimate of drug-likeness (QED) is 0.441. The van der Waals surface area contributed by atoms with Gasteiger partial charge in [0.2, 0.25) is 0 Å². The summed E-state index contributed by atoms with van der Waals surface area (Å²) in [6, 6.07) is 30.5. The molecule has 0 aliphatic rings. The van der Waals surface area contributed by atoms with Crippen molar-refractivity contribution >= 4 is 46.6 Å². The van der Waals surface area contributed by atoms with Crippen molar-refractivity contribution in [2.75, 3.05) is 0 Å². The standard InChI is InChI=1S/C20H16Cl2OP/c21-16-20(22)23-24(17-10-4-1-5-11-17,18-12-6-2-7-13-18)19-14-8-3-9-15-19/h1-16H/q+1. The largest absolute Gasteiger partial charge is 0.321 e. The molecule has 0 atom stereocenters. The molecule has 0 unspecified atom stereocenters. The van der Waals surface area contributed by atoms with Crippen molar-refractivity contribution in [1.29, 1.82) is 0 Å². The number of rotatable bonds is 5. The number of hydrogen-bond donors (Lipinski definition) is 0. The summed E-state index contributed by atoms with van der Waals surface area (Å²) in [6.07, 6.45) is 0. The van der Waals surface area contributed by atoms with Gasteiger partial charge in [-0.15, -0.1) is 0 Å². The zero-order valence-electron chi connectivity index (χ0n) is 12.8. The molecular weight excluding hydrogens is 358 g/mol. The Morgan fingerprint density at radius 2 is 1.00 bits per heavy atom.